The van der Waals surface area contributed by atoms with Crippen LogP contribution in [0.25, 0.3) is 11.4 Å². The third kappa shape index (κ3) is 3.69. The summed E-state index contributed by atoms with van der Waals surface area (Å²) >= 11 is 0. The third-order valence-corrected chi connectivity index (χ3v) is 3.73. The van der Waals surface area contributed by atoms with E-state index in [0.717, 1.165) is 22.9 Å². The van der Waals surface area contributed by atoms with Gasteiger partial charge in [0.05, 0.1) is 0 Å². The molecule has 0 bridgehead atoms. The van der Waals surface area contributed by atoms with E-state index in [1.807, 2.05) is 57.7 Å². The molecule has 0 atom stereocenters. The van der Waals surface area contributed by atoms with Crippen LogP contribution in [-0.4, -0.2) is 42.7 Å². The van der Waals surface area contributed by atoms with E-state index in [-0.39, 0.29) is 0 Å². The largest absolute Gasteiger partial charge is 0.490 e. The van der Waals surface area contributed by atoms with E-state index in [9.17, 15) is 0 Å². The van der Waals surface area contributed by atoms with Crippen molar-refractivity contribution in [1.29, 1.82) is 0 Å². The van der Waals surface area contributed by atoms with Crippen molar-refractivity contribution in [3.63, 3.8) is 0 Å². The Morgan fingerprint density at radius 3 is 1.23 bits per heavy atom. The van der Waals surface area contributed by atoms with Crippen LogP contribution < -0.4 is 9.47 Å². The first-order valence-electron chi connectivity index (χ1n) is 8.04. The van der Waals surface area contributed by atoms with Crippen molar-refractivity contribution < 1.29 is 9.47 Å². The predicted molar refractivity (Wildman–Crippen MR) is 93.7 cm³/mol. The van der Waals surface area contributed by atoms with Crippen LogP contribution in [-0.2, 0) is 0 Å². The van der Waals surface area contributed by atoms with Crippen molar-refractivity contribution in [1.82, 2.24) is 29.5 Å². The van der Waals surface area contributed by atoms with Crippen LogP contribution in [0.2, 0.25) is 0 Å². The van der Waals surface area contributed by atoms with Gasteiger partial charge in [0.15, 0.2) is 0 Å². The second-order valence-corrected chi connectivity index (χ2v) is 5.42. The molecule has 8 nitrogen and oxygen atoms in total. The minimum Gasteiger partial charge on any atom is -0.490 e. The maximum absolute atomic E-state index is 5.70. The first-order chi connectivity index (χ1) is 12.9. The van der Waals surface area contributed by atoms with E-state index in [0.29, 0.717) is 13.2 Å². The van der Waals surface area contributed by atoms with E-state index < -0.39 is 0 Å². The molecule has 4 rings (SSSR count). The Balaban J connectivity index is 1.25. The summed E-state index contributed by atoms with van der Waals surface area (Å²) in [6.07, 6.45) is 6.60. The number of nitrogens with zero attached hydrogens (tertiary/aromatic N) is 6. The SMILES string of the molecule is c1cc(-n2cnnc2)ccc1OCCOc1ccc(-n2cnnc2)cc1. The molecule has 0 spiro atoms. The highest BCUT2D eigenvalue weighted by molar-refractivity contribution is 5.37. The number of ether oxygens (including phenoxy) is 2. The van der Waals surface area contributed by atoms with Gasteiger partial charge < -0.3 is 9.47 Å². The average molecular weight is 348 g/mol. The van der Waals surface area contributed by atoms with Gasteiger partial charge in [0.2, 0.25) is 0 Å². The molecule has 0 amide bonds. The minimum absolute atomic E-state index is 0.458. The molecule has 0 saturated carbocycles. The Kier molecular flexibility index (Phi) is 4.55. The number of hydrogen-bond donors (Lipinski definition) is 0. The quantitative estimate of drug-likeness (QED) is 0.477. The standard InChI is InChI=1S/C18H16N6O2/c1-5-17(6-2-15(1)23-11-19-20-12-23)25-9-10-26-18-7-3-16(4-8-18)24-13-21-22-14-24/h1-8,11-14H,9-10H2. The lowest BCUT2D eigenvalue weighted by Gasteiger charge is -2.09. The Morgan fingerprint density at radius 1 is 0.538 bits per heavy atom. The molecule has 130 valence electrons. The van der Waals surface area contributed by atoms with Gasteiger partial charge in [-0.2, -0.15) is 0 Å². The molecule has 0 aliphatic heterocycles. The third-order valence-electron chi connectivity index (χ3n) is 3.73. The second kappa shape index (κ2) is 7.47. The number of aromatic nitrogens is 6. The van der Waals surface area contributed by atoms with Crippen molar-refractivity contribution in [2.75, 3.05) is 13.2 Å². The van der Waals surface area contributed by atoms with Crippen LogP contribution in [0.5, 0.6) is 11.5 Å². The Labute approximate surface area is 149 Å². The molecule has 26 heavy (non-hydrogen) atoms. The molecular weight excluding hydrogens is 332 g/mol. The van der Waals surface area contributed by atoms with Gasteiger partial charge in [-0.25, -0.2) is 0 Å². The van der Waals surface area contributed by atoms with Crippen molar-refractivity contribution in [2.45, 2.75) is 0 Å². The van der Waals surface area contributed by atoms with Gasteiger partial charge in [-0.15, -0.1) is 20.4 Å². The highest BCUT2D eigenvalue weighted by Crippen LogP contribution is 2.16. The number of hydrogen-bond acceptors (Lipinski definition) is 6. The van der Waals surface area contributed by atoms with Gasteiger partial charge in [-0.3, -0.25) is 9.13 Å². The summed E-state index contributed by atoms with van der Waals surface area (Å²) in [5.41, 5.74) is 1.96. The molecule has 0 N–H and O–H groups in total. The molecule has 2 aromatic carbocycles. The van der Waals surface area contributed by atoms with Crippen molar-refractivity contribution in [3.05, 3.63) is 73.8 Å². The van der Waals surface area contributed by atoms with Crippen molar-refractivity contribution in [2.24, 2.45) is 0 Å². The molecular formula is C18H16N6O2. The monoisotopic (exact) mass is 348 g/mol. The highest BCUT2D eigenvalue weighted by atomic mass is 16.5. The van der Waals surface area contributed by atoms with Gasteiger partial charge in [0.1, 0.15) is 50.0 Å². The summed E-state index contributed by atoms with van der Waals surface area (Å²) in [6.45, 7) is 0.915. The summed E-state index contributed by atoms with van der Waals surface area (Å²) in [6, 6.07) is 15.4. The first kappa shape index (κ1) is 15.8. The van der Waals surface area contributed by atoms with Crippen molar-refractivity contribution >= 4 is 0 Å². The molecule has 2 aromatic heterocycles. The fourth-order valence-electron chi connectivity index (χ4n) is 2.42. The zero-order chi connectivity index (χ0) is 17.6. The van der Waals surface area contributed by atoms with Crippen LogP contribution in [0, 0.1) is 0 Å². The highest BCUT2D eigenvalue weighted by Gasteiger charge is 2.00. The van der Waals surface area contributed by atoms with Gasteiger partial charge >= 0.3 is 0 Å². The Hall–Kier alpha value is -3.68. The van der Waals surface area contributed by atoms with Crippen LogP contribution in [0.1, 0.15) is 0 Å². The fourth-order valence-corrected chi connectivity index (χ4v) is 2.42. The maximum atomic E-state index is 5.70. The molecule has 2 heterocycles. The van der Waals surface area contributed by atoms with Crippen LogP contribution in [0.3, 0.4) is 0 Å². The van der Waals surface area contributed by atoms with Crippen LogP contribution >= 0.6 is 0 Å². The summed E-state index contributed by atoms with van der Waals surface area (Å²) in [7, 11) is 0. The van der Waals surface area contributed by atoms with E-state index in [4.69, 9.17) is 9.47 Å². The topological polar surface area (TPSA) is 79.9 Å². The summed E-state index contributed by atoms with van der Waals surface area (Å²) in [4.78, 5) is 0. The average Bonchev–Trinajstić information content (AvgIpc) is 3.40. The molecule has 0 radical (unpaired) electrons. The molecule has 8 heteroatoms. The van der Waals surface area contributed by atoms with E-state index >= 15 is 0 Å². The number of rotatable bonds is 7. The fraction of sp³-hybridized carbons (Fsp3) is 0.111. The van der Waals surface area contributed by atoms with Crippen LogP contribution in [0.15, 0.2) is 73.8 Å². The lowest BCUT2D eigenvalue weighted by atomic mass is 10.3. The van der Waals surface area contributed by atoms with Gasteiger partial charge in [-0.05, 0) is 48.5 Å². The zero-order valence-electron chi connectivity index (χ0n) is 13.8. The molecule has 4 aromatic rings. The van der Waals surface area contributed by atoms with Gasteiger partial charge in [-0.1, -0.05) is 0 Å². The molecule has 0 saturated heterocycles. The molecule has 0 fully saturated rings. The normalized spacial score (nSPS) is 10.6. The van der Waals surface area contributed by atoms with E-state index in [1.165, 1.54) is 0 Å². The summed E-state index contributed by atoms with van der Waals surface area (Å²) in [5.74, 6) is 1.57. The Morgan fingerprint density at radius 2 is 0.885 bits per heavy atom. The second-order valence-electron chi connectivity index (χ2n) is 5.42. The predicted octanol–water partition coefficient (Wildman–Crippen LogP) is 2.31. The first-order valence-corrected chi connectivity index (χ1v) is 8.04. The van der Waals surface area contributed by atoms with E-state index in [1.54, 1.807) is 25.3 Å². The molecule has 0 aliphatic carbocycles. The summed E-state index contributed by atoms with van der Waals surface area (Å²) < 4.78 is 15.1. The van der Waals surface area contributed by atoms with Gasteiger partial charge in [0.25, 0.3) is 0 Å². The van der Waals surface area contributed by atoms with Crippen LogP contribution in [0.4, 0.5) is 0 Å². The molecule has 0 aliphatic rings. The van der Waals surface area contributed by atoms with Crippen molar-refractivity contribution in [3.8, 4) is 22.9 Å². The zero-order valence-corrected chi connectivity index (χ0v) is 13.8. The lowest BCUT2D eigenvalue weighted by Crippen LogP contribution is -2.09. The lowest BCUT2D eigenvalue weighted by molar-refractivity contribution is 0.217. The number of benzene rings is 2. The smallest absolute Gasteiger partial charge is 0.123 e. The summed E-state index contributed by atoms with van der Waals surface area (Å²) in [5, 5.41) is 15.2. The molecule has 0 unspecified atom stereocenters. The van der Waals surface area contributed by atoms with E-state index in [2.05, 4.69) is 20.4 Å². The van der Waals surface area contributed by atoms with Gasteiger partial charge in [0, 0.05) is 11.4 Å². The Bertz CT molecular complexity index is 839. The minimum atomic E-state index is 0.458. The maximum Gasteiger partial charge on any atom is 0.123 e.